The standard InChI is InChI=1S/C17H17N5O3/c1-10-13(11(2)22(21-10)12-6-4-3-5-7-12)8-18-9-14-15(23)19-17(25)20-16(14)24/h3-7,9,14H,8H2,1-2H3,(H2,19,20,23,24,25). The fraction of sp³-hybridized carbons (Fsp3) is 0.235. The first-order valence-corrected chi connectivity index (χ1v) is 7.73. The molecule has 8 nitrogen and oxygen atoms in total. The van der Waals surface area contributed by atoms with Crippen molar-refractivity contribution in [2.75, 3.05) is 0 Å². The molecular weight excluding hydrogens is 322 g/mol. The fourth-order valence-electron chi connectivity index (χ4n) is 2.64. The largest absolute Gasteiger partial charge is 0.328 e. The number of para-hydroxylation sites is 1. The van der Waals surface area contributed by atoms with Gasteiger partial charge in [-0.25, -0.2) is 9.48 Å². The molecule has 0 unspecified atom stereocenters. The Kier molecular flexibility index (Phi) is 4.42. The van der Waals surface area contributed by atoms with Crippen LogP contribution in [0.1, 0.15) is 17.0 Å². The van der Waals surface area contributed by atoms with Gasteiger partial charge in [0.05, 0.1) is 17.9 Å². The SMILES string of the molecule is Cc1nn(-c2ccccc2)c(C)c1CN=CC1C(=O)NC(=O)NC1=O. The van der Waals surface area contributed by atoms with E-state index in [1.165, 1.54) is 6.21 Å². The number of nitrogens with one attached hydrogen (secondary N) is 2. The van der Waals surface area contributed by atoms with E-state index in [2.05, 4.69) is 10.1 Å². The summed E-state index contributed by atoms with van der Waals surface area (Å²) in [4.78, 5) is 38.6. The monoisotopic (exact) mass is 339 g/mol. The van der Waals surface area contributed by atoms with Crippen molar-refractivity contribution in [1.29, 1.82) is 0 Å². The molecule has 2 aromatic rings. The van der Waals surface area contributed by atoms with Crippen molar-refractivity contribution in [2.45, 2.75) is 20.4 Å². The average molecular weight is 339 g/mol. The molecular formula is C17H17N5O3. The van der Waals surface area contributed by atoms with Crippen molar-refractivity contribution < 1.29 is 14.4 Å². The van der Waals surface area contributed by atoms with Crippen molar-refractivity contribution in [1.82, 2.24) is 20.4 Å². The lowest BCUT2D eigenvalue weighted by Gasteiger charge is -2.16. The van der Waals surface area contributed by atoms with E-state index in [0.717, 1.165) is 22.6 Å². The maximum atomic E-state index is 11.7. The molecule has 0 radical (unpaired) electrons. The molecule has 1 aliphatic rings. The highest BCUT2D eigenvalue weighted by Crippen LogP contribution is 2.18. The predicted molar refractivity (Wildman–Crippen MR) is 90.4 cm³/mol. The molecule has 1 aromatic carbocycles. The van der Waals surface area contributed by atoms with Gasteiger partial charge in [0, 0.05) is 17.5 Å². The van der Waals surface area contributed by atoms with E-state index in [0.29, 0.717) is 0 Å². The molecule has 0 saturated carbocycles. The van der Waals surface area contributed by atoms with Crippen LogP contribution in [0.4, 0.5) is 4.79 Å². The normalized spacial score (nSPS) is 15.5. The van der Waals surface area contributed by atoms with Crippen LogP contribution >= 0.6 is 0 Å². The summed E-state index contributed by atoms with van der Waals surface area (Å²) in [5, 5.41) is 8.60. The summed E-state index contributed by atoms with van der Waals surface area (Å²) in [5.41, 5.74) is 3.63. The summed E-state index contributed by atoms with van der Waals surface area (Å²) < 4.78 is 1.83. The van der Waals surface area contributed by atoms with Gasteiger partial charge in [-0.2, -0.15) is 5.10 Å². The van der Waals surface area contributed by atoms with Crippen molar-refractivity contribution in [3.63, 3.8) is 0 Å². The Morgan fingerprint density at radius 1 is 1.12 bits per heavy atom. The number of barbiturate groups is 1. The minimum absolute atomic E-state index is 0.287. The van der Waals surface area contributed by atoms with Crippen LogP contribution in [0.5, 0.6) is 0 Å². The Labute approximate surface area is 143 Å². The Bertz CT molecular complexity index is 850. The molecule has 1 fully saturated rings. The van der Waals surface area contributed by atoms with Crippen LogP contribution in [0.3, 0.4) is 0 Å². The number of imide groups is 2. The number of rotatable bonds is 4. The summed E-state index contributed by atoms with van der Waals surface area (Å²) >= 11 is 0. The van der Waals surface area contributed by atoms with Gasteiger partial charge in [0.2, 0.25) is 11.8 Å². The summed E-state index contributed by atoms with van der Waals surface area (Å²) in [6.45, 7) is 4.11. The summed E-state index contributed by atoms with van der Waals surface area (Å²) in [6.07, 6.45) is 1.26. The van der Waals surface area contributed by atoms with Crippen LogP contribution < -0.4 is 10.6 Å². The number of hydrogen-bond acceptors (Lipinski definition) is 5. The van der Waals surface area contributed by atoms with Crippen LogP contribution in [0.2, 0.25) is 0 Å². The lowest BCUT2D eigenvalue weighted by Crippen LogP contribution is -2.56. The minimum atomic E-state index is -1.11. The molecule has 1 aliphatic heterocycles. The van der Waals surface area contributed by atoms with Crippen molar-refractivity contribution in [3.05, 3.63) is 47.3 Å². The number of urea groups is 1. The van der Waals surface area contributed by atoms with Crippen molar-refractivity contribution >= 4 is 24.1 Å². The summed E-state index contributed by atoms with van der Waals surface area (Å²) in [7, 11) is 0. The number of amides is 4. The Hall–Kier alpha value is -3.29. The zero-order chi connectivity index (χ0) is 18.0. The maximum Gasteiger partial charge on any atom is 0.328 e. The quantitative estimate of drug-likeness (QED) is 0.641. The molecule has 1 saturated heterocycles. The highest BCUT2D eigenvalue weighted by molar-refractivity contribution is 6.23. The van der Waals surface area contributed by atoms with Gasteiger partial charge in [0.1, 0.15) is 0 Å². The van der Waals surface area contributed by atoms with Crippen LogP contribution in [0, 0.1) is 19.8 Å². The lowest BCUT2D eigenvalue weighted by atomic mass is 10.1. The van der Waals surface area contributed by atoms with Gasteiger partial charge in [-0.1, -0.05) is 18.2 Å². The third-order valence-corrected chi connectivity index (χ3v) is 3.98. The third kappa shape index (κ3) is 3.32. The fourth-order valence-corrected chi connectivity index (χ4v) is 2.64. The number of aryl methyl sites for hydroxylation is 1. The molecule has 8 heteroatoms. The van der Waals surface area contributed by atoms with E-state index in [-0.39, 0.29) is 6.54 Å². The van der Waals surface area contributed by atoms with Crippen LogP contribution in [-0.2, 0) is 16.1 Å². The number of nitrogens with zero attached hydrogens (tertiary/aromatic N) is 3. The van der Waals surface area contributed by atoms with E-state index in [9.17, 15) is 14.4 Å². The number of aromatic nitrogens is 2. The van der Waals surface area contributed by atoms with Gasteiger partial charge in [-0.15, -0.1) is 0 Å². The molecule has 128 valence electrons. The lowest BCUT2D eigenvalue weighted by molar-refractivity contribution is -0.132. The van der Waals surface area contributed by atoms with E-state index in [1.54, 1.807) is 0 Å². The van der Waals surface area contributed by atoms with Gasteiger partial charge in [-0.3, -0.25) is 25.2 Å². The smallest absolute Gasteiger partial charge is 0.291 e. The predicted octanol–water partition coefficient (Wildman–Crippen LogP) is 1.04. The highest BCUT2D eigenvalue weighted by atomic mass is 16.2. The second-order valence-corrected chi connectivity index (χ2v) is 5.67. The Morgan fingerprint density at radius 3 is 2.40 bits per heavy atom. The number of carbonyl (C=O) groups excluding carboxylic acids is 3. The Morgan fingerprint density at radius 2 is 1.76 bits per heavy atom. The summed E-state index contributed by atoms with van der Waals surface area (Å²) in [6, 6.07) is 8.91. The molecule has 2 heterocycles. The number of carbonyl (C=O) groups is 3. The van der Waals surface area contributed by atoms with E-state index >= 15 is 0 Å². The average Bonchev–Trinajstić information content (AvgIpc) is 2.85. The van der Waals surface area contributed by atoms with Crippen molar-refractivity contribution in [2.24, 2.45) is 10.9 Å². The molecule has 0 atom stereocenters. The molecule has 0 bridgehead atoms. The third-order valence-electron chi connectivity index (χ3n) is 3.98. The Balaban J connectivity index is 1.78. The van der Waals surface area contributed by atoms with Gasteiger partial charge >= 0.3 is 6.03 Å². The molecule has 3 rings (SSSR count). The van der Waals surface area contributed by atoms with Crippen LogP contribution in [0.25, 0.3) is 5.69 Å². The van der Waals surface area contributed by atoms with Gasteiger partial charge in [0.15, 0.2) is 5.92 Å². The van der Waals surface area contributed by atoms with E-state index < -0.39 is 23.8 Å². The second kappa shape index (κ2) is 6.68. The topological polar surface area (TPSA) is 105 Å². The first-order valence-electron chi connectivity index (χ1n) is 7.73. The summed E-state index contributed by atoms with van der Waals surface area (Å²) in [5.74, 6) is -2.46. The number of hydrogen-bond donors (Lipinski definition) is 2. The van der Waals surface area contributed by atoms with Gasteiger partial charge in [-0.05, 0) is 26.0 Å². The van der Waals surface area contributed by atoms with Gasteiger partial charge < -0.3 is 0 Å². The number of aliphatic imine (C=N–C) groups is 1. The molecule has 4 amide bonds. The minimum Gasteiger partial charge on any atom is -0.291 e. The maximum absolute atomic E-state index is 11.7. The van der Waals surface area contributed by atoms with Gasteiger partial charge in [0.25, 0.3) is 0 Å². The number of benzene rings is 1. The molecule has 0 aliphatic carbocycles. The first kappa shape index (κ1) is 16.6. The second-order valence-electron chi connectivity index (χ2n) is 5.67. The molecule has 25 heavy (non-hydrogen) atoms. The zero-order valence-corrected chi connectivity index (χ0v) is 13.8. The molecule has 1 aromatic heterocycles. The van der Waals surface area contributed by atoms with Crippen LogP contribution in [0.15, 0.2) is 35.3 Å². The van der Waals surface area contributed by atoms with E-state index in [4.69, 9.17) is 0 Å². The first-order chi connectivity index (χ1) is 12.0. The highest BCUT2D eigenvalue weighted by Gasteiger charge is 2.32. The zero-order valence-electron chi connectivity index (χ0n) is 13.8. The van der Waals surface area contributed by atoms with Crippen LogP contribution in [-0.4, -0.2) is 33.8 Å². The molecule has 2 N–H and O–H groups in total. The van der Waals surface area contributed by atoms with E-state index in [1.807, 2.05) is 59.5 Å². The molecule has 0 spiro atoms. The van der Waals surface area contributed by atoms with Crippen molar-refractivity contribution in [3.8, 4) is 5.69 Å².